The van der Waals surface area contributed by atoms with Crippen LogP contribution >= 0.6 is 0 Å². The lowest BCUT2D eigenvalue weighted by Gasteiger charge is -2.25. The first-order valence-electron chi connectivity index (χ1n) is 14.2. The van der Waals surface area contributed by atoms with Gasteiger partial charge in [0.2, 0.25) is 5.43 Å². The van der Waals surface area contributed by atoms with Gasteiger partial charge < -0.3 is 30.6 Å². The Balaban J connectivity index is 1.57. The van der Waals surface area contributed by atoms with Crippen LogP contribution in [0, 0.1) is 17.7 Å². The number of hydrogen-bond acceptors (Lipinski definition) is 8. The molecule has 4 aromatic heterocycles. The minimum atomic E-state index is -1.30. The molecule has 12 heteroatoms. The summed E-state index contributed by atoms with van der Waals surface area (Å²) in [5.74, 6) is -0.972. The van der Waals surface area contributed by atoms with Crippen molar-refractivity contribution in [2.24, 2.45) is 29.6 Å². The van der Waals surface area contributed by atoms with Gasteiger partial charge in [-0.3, -0.25) is 9.79 Å². The number of anilines is 2. The lowest BCUT2D eigenvalue weighted by molar-refractivity contribution is 0.0695. The van der Waals surface area contributed by atoms with E-state index in [9.17, 15) is 14.7 Å². The van der Waals surface area contributed by atoms with Crippen LogP contribution in [0.1, 0.15) is 28.8 Å². The van der Waals surface area contributed by atoms with Crippen molar-refractivity contribution < 1.29 is 14.3 Å². The third-order valence-electron chi connectivity index (χ3n) is 9.17. The number of halogens is 1. The van der Waals surface area contributed by atoms with Crippen LogP contribution in [0.5, 0.6) is 0 Å². The van der Waals surface area contributed by atoms with E-state index in [-0.39, 0.29) is 17.0 Å². The molecule has 3 atom stereocenters. The summed E-state index contributed by atoms with van der Waals surface area (Å²) in [5, 5.41) is 14.3. The molecule has 220 valence electrons. The molecule has 11 nitrogen and oxygen atoms in total. The Hall–Kier alpha value is -4.84. The second-order valence-electron chi connectivity index (χ2n) is 11.5. The first-order chi connectivity index (χ1) is 20.7. The molecule has 0 bridgehead atoms. The van der Waals surface area contributed by atoms with Gasteiger partial charge in [0.1, 0.15) is 22.7 Å². The molecular weight excluding hydrogens is 551 g/mol. The molecule has 1 saturated carbocycles. The average Bonchev–Trinajstić information content (AvgIpc) is 3.69. The number of fused-ring (bicyclic) bond motifs is 5. The summed E-state index contributed by atoms with van der Waals surface area (Å²) in [6, 6.07) is 3.22. The molecular formula is C31H31FN8O3. The molecule has 2 aliphatic rings. The summed E-state index contributed by atoms with van der Waals surface area (Å²) in [6.07, 6.45) is 8.23. The maximum atomic E-state index is 15.6. The summed E-state index contributed by atoms with van der Waals surface area (Å²) in [4.78, 5) is 44.3. The van der Waals surface area contributed by atoms with E-state index in [4.69, 9.17) is 10.7 Å². The fourth-order valence-electron chi connectivity index (χ4n) is 7.15. The fourth-order valence-corrected chi connectivity index (χ4v) is 7.15. The van der Waals surface area contributed by atoms with Crippen molar-refractivity contribution in [2.45, 2.75) is 18.9 Å². The van der Waals surface area contributed by atoms with E-state index in [0.717, 1.165) is 37.0 Å². The van der Waals surface area contributed by atoms with Crippen molar-refractivity contribution in [2.75, 3.05) is 37.4 Å². The Labute approximate surface area is 245 Å². The number of nitrogens with two attached hydrogens (primary N) is 1. The molecule has 1 aromatic carbocycles. The zero-order valence-electron chi connectivity index (χ0n) is 24.0. The number of aryl methyl sites for hydroxylation is 1. The van der Waals surface area contributed by atoms with Crippen LogP contribution in [-0.4, -0.2) is 70.0 Å². The van der Waals surface area contributed by atoms with Crippen LogP contribution in [-0.2, 0) is 7.05 Å². The summed E-state index contributed by atoms with van der Waals surface area (Å²) in [7, 11) is 5.00. The number of pyridine rings is 3. The Morgan fingerprint density at radius 2 is 2.05 bits per heavy atom. The lowest BCUT2D eigenvalue weighted by atomic mass is 9.98. The number of aromatic nitrogens is 4. The maximum absolute atomic E-state index is 15.6. The number of nitrogens with one attached hydrogen (secondary N) is 2. The van der Waals surface area contributed by atoms with E-state index in [0.29, 0.717) is 56.4 Å². The SMILES string of the molecule is C/N=C\c1c(F)cc(NC)c2[nH]c3ncc(-c4cnc5c(c4)c(=O)c(C(=O)O)cn5C)c(N4C[C@H]5CC[C@@H](N)[C@H]5C4)c3c12. The molecule has 0 amide bonds. The number of aliphatic imine (C=N–C) groups is 1. The number of rotatable bonds is 5. The molecule has 5 heterocycles. The number of carbonyl (C=O) groups is 1. The highest BCUT2D eigenvalue weighted by molar-refractivity contribution is 6.22. The number of H-pyrrole nitrogens is 1. The van der Waals surface area contributed by atoms with Gasteiger partial charge in [-0.2, -0.15) is 0 Å². The van der Waals surface area contributed by atoms with Gasteiger partial charge >= 0.3 is 5.97 Å². The van der Waals surface area contributed by atoms with Crippen LogP contribution in [0.4, 0.5) is 15.8 Å². The molecule has 2 fully saturated rings. The lowest BCUT2D eigenvalue weighted by Crippen LogP contribution is -2.30. The number of hydrogen-bond donors (Lipinski definition) is 4. The predicted molar refractivity (Wildman–Crippen MR) is 166 cm³/mol. The molecule has 0 radical (unpaired) electrons. The molecule has 0 spiro atoms. The van der Waals surface area contributed by atoms with E-state index < -0.39 is 17.2 Å². The summed E-state index contributed by atoms with van der Waals surface area (Å²) >= 11 is 0. The van der Waals surface area contributed by atoms with Crippen molar-refractivity contribution in [1.82, 2.24) is 19.5 Å². The monoisotopic (exact) mass is 582 g/mol. The zero-order valence-corrected chi connectivity index (χ0v) is 24.0. The van der Waals surface area contributed by atoms with Crippen LogP contribution in [0.3, 0.4) is 0 Å². The minimum absolute atomic E-state index is 0.106. The predicted octanol–water partition coefficient (Wildman–Crippen LogP) is 3.73. The van der Waals surface area contributed by atoms with Crippen molar-refractivity contribution in [1.29, 1.82) is 0 Å². The largest absolute Gasteiger partial charge is 0.477 e. The highest BCUT2D eigenvalue weighted by atomic mass is 19.1. The fraction of sp³-hybridized carbons (Fsp3) is 0.323. The molecule has 1 saturated heterocycles. The first-order valence-corrected chi connectivity index (χ1v) is 14.2. The molecule has 5 N–H and O–H groups in total. The first kappa shape index (κ1) is 27.0. The highest BCUT2D eigenvalue weighted by Gasteiger charge is 2.42. The van der Waals surface area contributed by atoms with E-state index in [1.54, 1.807) is 39.6 Å². The molecule has 5 aromatic rings. The van der Waals surface area contributed by atoms with E-state index in [1.165, 1.54) is 23.0 Å². The van der Waals surface area contributed by atoms with Crippen LogP contribution in [0.15, 0.2) is 40.5 Å². The number of aromatic amines is 1. The second kappa shape index (κ2) is 9.87. The number of benzene rings is 1. The summed E-state index contributed by atoms with van der Waals surface area (Å²) in [6.45, 7) is 1.50. The number of carboxylic acid groups (broad SMARTS) is 1. The van der Waals surface area contributed by atoms with E-state index in [1.807, 2.05) is 0 Å². The van der Waals surface area contributed by atoms with Gasteiger partial charge in [0.15, 0.2) is 0 Å². The van der Waals surface area contributed by atoms with Gasteiger partial charge in [-0.1, -0.05) is 0 Å². The Morgan fingerprint density at radius 3 is 2.77 bits per heavy atom. The van der Waals surface area contributed by atoms with Crippen molar-refractivity contribution in [3.05, 3.63) is 57.9 Å². The van der Waals surface area contributed by atoms with Gasteiger partial charge in [-0.15, -0.1) is 0 Å². The summed E-state index contributed by atoms with van der Waals surface area (Å²) in [5.41, 5.74) is 10.3. The standard InChI is InChI=1S/C31H31FN8O3/c1-34-9-18-21(32)7-23(35-2)26-24(18)25-27(40-11-14-4-5-22(33)19(14)13-40)17(10-36-29(25)38-26)15-6-16-28(41)20(31(42)43)12-39(3)30(16)37-8-15/h6-10,12,14,19,22,35H,4-5,11,13,33H2,1-3H3,(H,36,38)(H,42,43)/b34-9-/t14-,19+,22-/m1/s1. The number of aromatic carboxylic acids is 1. The van der Waals surface area contributed by atoms with E-state index >= 15 is 4.39 Å². The smallest absolute Gasteiger partial charge is 0.341 e. The number of carboxylic acids is 1. The highest BCUT2D eigenvalue weighted by Crippen LogP contribution is 2.47. The Bertz CT molecular complexity index is 2070. The third-order valence-corrected chi connectivity index (χ3v) is 9.17. The van der Waals surface area contributed by atoms with Gasteiger partial charge in [0, 0.05) is 87.2 Å². The van der Waals surface area contributed by atoms with E-state index in [2.05, 4.69) is 25.2 Å². The molecule has 0 unspecified atom stereocenters. The summed E-state index contributed by atoms with van der Waals surface area (Å²) < 4.78 is 17.1. The quantitative estimate of drug-likeness (QED) is 0.229. The maximum Gasteiger partial charge on any atom is 0.341 e. The number of nitrogens with zero attached hydrogens (tertiary/aromatic N) is 5. The molecule has 1 aliphatic heterocycles. The van der Waals surface area contributed by atoms with Gasteiger partial charge in [0.05, 0.1) is 27.7 Å². The van der Waals surface area contributed by atoms with Crippen molar-refractivity contribution >= 4 is 56.5 Å². The molecule has 1 aliphatic carbocycles. The molecule has 7 rings (SSSR count). The Kier molecular flexibility index (Phi) is 6.20. The second-order valence-corrected chi connectivity index (χ2v) is 11.5. The van der Waals surface area contributed by atoms with Gasteiger partial charge in [0.25, 0.3) is 0 Å². The Morgan fingerprint density at radius 1 is 1.23 bits per heavy atom. The topological polar surface area (TPSA) is 155 Å². The van der Waals surface area contributed by atoms with Crippen molar-refractivity contribution in [3.63, 3.8) is 0 Å². The average molecular weight is 583 g/mol. The normalized spacial score (nSPS) is 20.2. The van der Waals surface area contributed by atoms with Crippen LogP contribution < -0.4 is 21.4 Å². The minimum Gasteiger partial charge on any atom is -0.477 e. The molecule has 43 heavy (non-hydrogen) atoms. The third kappa shape index (κ3) is 4.00. The van der Waals surface area contributed by atoms with Crippen LogP contribution in [0.2, 0.25) is 0 Å². The van der Waals surface area contributed by atoms with Gasteiger partial charge in [-0.25, -0.2) is 19.2 Å². The van der Waals surface area contributed by atoms with Crippen LogP contribution in [0.25, 0.3) is 44.1 Å². The van der Waals surface area contributed by atoms with Gasteiger partial charge in [-0.05, 0) is 36.8 Å². The zero-order chi connectivity index (χ0) is 30.2. The van der Waals surface area contributed by atoms with Crippen molar-refractivity contribution in [3.8, 4) is 11.1 Å².